The molecule has 1 rings (SSSR count). The van der Waals surface area contributed by atoms with Gasteiger partial charge in [-0.25, -0.2) is 4.98 Å². The van der Waals surface area contributed by atoms with Gasteiger partial charge in [-0.3, -0.25) is 4.79 Å². The predicted molar refractivity (Wildman–Crippen MR) is 53.1 cm³/mol. The lowest BCUT2D eigenvalue weighted by Crippen LogP contribution is -2.21. The van der Waals surface area contributed by atoms with Gasteiger partial charge < -0.3 is 4.57 Å². The molecule has 0 atom stereocenters. The molecule has 5 heteroatoms. The van der Waals surface area contributed by atoms with Gasteiger partial charge in [0.2, 0.25) is 0 Å². The summed E-state index contributed by atoms with van der Waals surface area (Å²) in [5, 5.41) is -0.0233. The zero-order valence-corrected chi connectivity index (χ0v) is 8.51. The van der Waals surface area contributed by atoms with Gasteiger partial charge in [-0.05, 0) is 12.5 Å². The quantitative estimate of drug-likeness (QED) is 0.762. The molecule has 0 unspecified atom stereocenters. The Morgan fingerprint density at radius 3 is 3.08 bits per heavy atom. The summed E-state index contributed by atoms with van der Waals surface area (Å²) in [5.41, 5.74) is 2.01. The van der Waals surface area contributed by atoms with Crippen molar-refractivity contribution in [2.75, 3.05) is 0 Å². The van der Waals surface area contributed by atoms with Crippen molar-refractivity contribution < 1.29 is 0 Å². The molecule has 70 valence electrons. The number of halogens is 2. The van der Waals surface area contributed by atoms with E-state index in [0.717, 1.165) is 5.57 Å². The van der Waals surface area contributed by atoms with Gasteiger partial charge in [-0.2, -0.15) is 0 Å². The highest BCUT2D eigenvalue weighted by atomic mass is 35.5. The number of allylic oxidation sites excluding steroid dienone is 1. The minimum absolute atomic E-state index is 0.0233. The largest absolute Gasteiger partial charge is 0.307 e. The van der Waals surface area contributed by atoms with Crippen molar-refractivity contribution in [1.29, 1.82) is 0 Å². The summed E-state index contributed by atoms with van der Waals surface area (Å²) >= 11 is 11.0. The van der Waals surface area contributed by atoms with Crippen LogP contribution in [0.4, 0.5) is 0 Å². The first-order valence-corrected chi connectivity index (χ1v) is 4.43. The minimum atomic E-state index is -0.304. The third-order valence-electron chi connectivity index (χ3n) is 1.48. The maximum Gasteiger partial charge on any atom is 0.288 e. The molecule has 1 aromatic rings. The topological polar surface area (TPSA) is 34.9 Å². The molecule has 0 aliphatic rings. The first kappa shape index (κ1) is 10.3. The van der Waals surface area contributed by atoms with Crippen LogP contribution in [0.3, 0.4) is 0 Å². The highest BCUT2D eigenvalue weighted by Crippen LogP contribution is 2.00. The third-order valence-corrected chi connectivity index (χ3v) is 2.11. The summed E-state index contributed by atoms with van der Waals surface area (Å²) in [7, 11) is 0. The summed E-state index contributed by atoms with van der Waals surface area (Å²) < 4.78 is 1.45. The molecule has 1 heterocycles. The molecule has 13 heavy (non-hydrogen) atoms. The van der Waals surface area contributed by atoms with Crippen molar-refractivity contribution >= 4 is 23.2 Å². The van der Waals surface area contributed by atoms with Gasteiger partial charge in [0.1, 0.15) is 0 Å². The van der Waals surface area contributed by atoms with Gasteiger partial charge in [0.15, 0.2) is 5.15 Å². The van der Waals surface area contributed by atoms with Crippen LogP contribution in [0.15, 0.2) is 28.3 Å². The van der Waals surface area contributed by atoms with Crippen molar-refractivity contribution in [1.82, 2.24) is 9.55 Å². The van der Waals surface area contributed by atoms with E-state index >= 15 is 0 Å². The van der Waals surface area contributed by atoms with Crippen molar-refractivity contribution in [2.45, 2.75) is 13.5 Å². The van der Waals surface area contributed by atoms with Crippen LogP contribution in [-0.4, -0.2) is 9.55 Å². The second kappa shape index (κ2) is 4.44. The molecule has 0 aromatic carbocycles. The summed E-state index contributed by atoms with van der Waals surface area (Å²) in [6, 6.07) is 0. The standard InChI is InChI=1S/C8H8Cl2N2O/c1-6(4-9)5-12-3-2-11-7(10)8(12)13/h2-4H,5H2,1H3/b6-4-. The summed E-state index contributed by atoms with van der Waals surface area (Å²) in [5.74, 6) is 0. The number of hydrogen-bond acceptors (Lipinski definition) is 2. The highest BCUT2D eigenvalue weighted by Gasteiger charge is 2.01. The fourth-order valence-electron chi connectivity index (χ4n) is 0.848. The van der Waals surface area contributed by atoms with Crippen molar-refractivity contribution in [3.8, 4) is 0 Å². The molecular formula is C8H8Cl2N2O. The number of nitrogens with zero attached hydrogens (tertiary/aromatic N) is 2. The van der Waals surface area contributed by atoms with Crippen LogP contribution in [0.1, 0.15) is 6.92 Å². The van der Waals surface area contributed by atoms with Gasteiger partial charge in [-0.1, -0.05) is 23.2 Å². The Bertz CT molecular complexity index is 384. The van der Waals surface area contributed by atoms with E-state index in [1.165, 1.54) is 16.3 Å². The van der Waals surface area contributed by atoms with Gasteiger partial charge in [0.25, 0.3) is 5.56 Å². The average molecular weight is 219 g/mol. The Morgan fingerprint density at radius 2 is 2.46 bits per heavy atom. The average Bonchev–Trinajstić information content (AvgIpc) is 2.13. The smallest absolute Gasteiger partial charge is 0.288 e. The summed E-state index contributed by atoms with van der Waals surface area (Å²) in [4.78, 5) is 15.0. The number of aromatic nitrogens is 2. The summed E-state index contributed by atoms with van der Waals surface area (Å²) in [6.07, 6.45) is 3.04. The van der Waals surface area contributed by atoms with Gasteiger partial charge in [-0.15, -0.1) is 0 Å². The van der Waals surface area contributed by atoms with Crippen LogP contribution in [-0.2, 0) is 6.54 Å². The lowest BCUT2D eigenvalue weighted by atomic mass is 10.3. The summed E-state index contributed by atoms with van der Waals surface area (Å²) in [6.45, 7) is 2.26. The third kappa shape index (κ3) is 2.57. The molecule has 0 fully saturated rings. The van der Waals surface area contributed by atoms with Crippen LogP contribution in [0.2, 0.25) is 5.15 Å². The number of hydrogen-bond donors (Lipinski definition) is 0. The van der Waals surface area contributed by atoms with E-state index in [4.69, 9.17) is 23.2 Å². The van der Waals surface area contributed by atoms with Crippen molar-refractivity contribution in [3.05, 3.63) is 39.0 Å². The van der Waals surface area contributed by atoms with Crippen LogP contribution >= 0.6 is 23.2 Å². The second-order valence-corrected chi connectivity index (χ2v) is 3.18. The molecule has 0 radical (unpaired) electrons. The van der Waals surface area contributed by atoms with E-state index in [0.29, 0.717) is 6.54 Å². The Morgan fingerprint density at radius 1 is 1.77 bits per heavy atom. The van der Waals surface area contributed by atoms with Gasteiger partial charge in [0, 0.05) is 24.5 Å². The van der Waals surface area contributed by atoms with E-state index in [-0.39, 0.29) is 10.7 Å². The highest BCUT2D eigenvalue weighted by molar-refractivity contribution is 6.29. The lowest BCUT2D eigenvalue weighted by Gasteiger charge is -2.03. The van der Waals surface area contributed by atoms with Gasteiger partial charge in [0.05, 0.1) is 0 Å². The molecular weight excluding hydrogens is 211 g/mol. The van der Waals surface area contributed by atoms with Crippen LogP contribution < -0.4 is 5.56 Å². The first-order valence-electron chi connectivity index (χ1n) is 3.62. The van der Waals surface area contributed by atoms with Gasteiger partial charge >= 0.3 is 0 Å². The predicted octanol–water partition coefficient (Wildman–Crippen LogP) is 2.04. The maximum absolute atomic E-state index is 11.3. The molecule has 0 aliphatic carbocycles. The minimum Gasteiger partial charge on any atom is -0.307 e. The molecule has 0 N–H and O–H groups in total. The molecule has 0 saturated heterocycles. The second-order valence-electron chi connectivity index (χ2n) is 2.61. The van der Waals surface area contributed by atoms with E-state index in [1.807, 2.05) is 6.92 Å². The Hall–Kier alpha value is -0.800. The normalized spacial score (nSPS) is 11.8. The van der Waals surface area contributed by atoms with Crippen LogP contribution in [0.25, 0.3) is 0 Å². The van der Waals surface area contributed by atoms with E-state index in [2.05, 4.69) is 4.98 Å². The Labute approximate surface area is 85.6 Å². The molecule has 0 amide bonds. The fraction of sp³-hybridized carbons (Fsp3) is 0.250. The Kier molecular flexibility index (Phi) is 3.51. The molecule has 0 spiro atoms. The number of rotatable bonds is 2. The van der Waals surface area contributed by atoms with Crippen LogP contribution in [0, 0.1) is 0 Å². The monoisotopic (exact) mass is 218 g/mol. The molecule has 0 aliphatic heterocycles. The molecule has 1 aromatic heterocycles. The Balaban J connectivity index is 3.03. The molecule has 0 bridgehead atoms. The SMILES string of the molecule is C/C(=C/Cl)Cn1ccnc(Cl)c1=O. The van der Waals surface area contributed by atoms with Crippen molar-refractivity contribution in [3.63, 3.8) is 0 Å². The van der Waals surface area contributed by atoms with E-state index < -0.39 is 0 Å². The van der Waals surface area contributed by atoms with Crippen LogP contribution in [0.5, 0.6) is 0 Å². The van der Waals surface area contributed by atoms with E-state index in [1.54, 1.807) is 6.20 Å². The fourth-order valence-corrected chi connectivity index (χ4v) is 1.08. The zero-order valence-electron chi connectivity index (χ0n) is 7.00. The molecule has 0 saturated carbocycles. The molecule has 3 nitrogen and oxygen atoms in total. The maximum atomic E-state index is 11.3. The van der Waals surface area contributed by atoms with E-state index in [9.17, 15) is 4.79 Å². The zero-order chi connectivity index (χ0) is 9.84. The first-order chi connectivity index (χ1) is 6.15. The lowest BCUT2D eigenvalue weighted by molar-refractivity contribution is 0.737. The van der Waals surface area contributed by atoms with Crippen molar-refractivity contribution in [2.24, 2.45) is 0 Å².